The van der Waals surface area contributed by atoms with Gasteiger partial charge in [-0.1, -0.05) is 54.2 Å². The van der Waals surface area contributed by atoms with Crippen LogP contribution in [0.1, 0.15) is 66.9 Å². The first-order valence-electron chi connectivity index (χ1n) is 13.5. The molecule has 2 bridgehead atoms. The van der Waals surface area contributed by atoms with E-state index in [1.807, 2.05) is 24.3 Å². The monoisotopic (exact) mass is 603 g/mol. The Morgan fingerprint density at radius 1 is 1.17 bits per heavy atom. The van der Waals surface area contributed by atoms with Gasteiger partial charge in [0.15, 0.2) is 5.82 Å². The maximum Gasteiger partial charge on any atom is 0.305 e. The molecule has 4 rings (SSSR count). The van der Waals surface area contributed by atoms with E-state index in [0.29, 0.717) is 31.5 Å². The quantitative estimate of drug-likeness (QED) is 0.303. The van der Waals surface area contributed by atoms with Gasteiger partial charge in [0.1, 0.15) is 16.9 Å². The Balaban J connectivity index is 1.54. The third kappa shape index (κ3) is 7.77. The molecule has 3 aromatic rings. The van der Waals surface area contributed by atoms with Crippen LogP contribution in [0.5, 0.6) is 0 Å². The van der Waals surface area contributed by atoms with Crippen molar-refractivity contribution in [3.63, 3.8) is 0 Å². The highest BCUT2D eigenvalue weighted by atomic mass is 35.5. The van der Waals surface area contributed by atoms with Crippen LogP contribution < -0.4 is 16.0 Å². The van der Waals surface area contributed by atoms with Crippen LogP contribution in [0, 0.1) is 5.82 Å². The SMILES string of the molecule is COC(=O)CCC[C@@H]1Nc2cccc(c2)[C@@H](NC(=O)c2cnn(-c3cccc(Cl)c3F)c2Cl)CCCCCNC1=O. The van der Waals surface area contributed by atoms with Crippen LogP contribution in [-0.2, 0) is 14.3 Å². The van der Waals surface area contributed by atoms with Gasteiger partial charge in [0, 0.05) is 18.7 Å². The summed E-state index contributed by atoms with van der Waals surface area (Å²) in [4.78, 5) is 37.8. The first-order valence-corrected chi connectivity index (χ1v) is 14.2. The number of benzene rings is 2. The van der Waals surface area contributed by atoms with Gasteiger partial charge in [-0.05, 0) is 55.5 Å². The first kappa shape index (κ1) is 30.3. The molecule has 0 radical (unpaired) electrons. The molecule has 0 aliphatic carbocycles. The lowest BCUT2D eigenvalue weighted by Gasteiger charge is -2.22. The number of amides is 2. The van der Waals surface area contributed by atoms with E-state index in [1.165, 1.54) is 25.4 Å². The third-order valence-electron chi connectivity index (χ3n) is 6.94. The van der Waals surface area contributed by atoms with Gasteiger partial charge in [-0.15, -0.1) is 0 Å². The molecule has 0 saturated carbocycles. The summed E-state index contributed by atoms with van der Waals surface area (Å²) in [6, 6.07) is 11.1. The Hall–Kier alpha value is -3.63. The molecule has 2 amide bonds. The van der Waals surface area contributed by atoms with Crippen LogP contribution in [-0.4, -0.2) is 47.3 Å². The van der Waals surface area contributed by atoms with E-state index in [2.05, 4.69) is 21.0 Å². The van der Waals surface area contributed by atoms with Crippen molar-refractivity contribution in [2.24, 2.45) is 0 Å². The first-order chi connectivity index (χ1) is 19.8. The van der Waals surface area contributed by atoms with Crippen molar-refractivity contribution in [1.82, 2.24) is 20.4 Å². The molecule has 1 aliphatic rings. The van der Waals surface area contributed by atoms with Gasteiger partial charge in [0.05, 0.1) is 29.9 Å². The fraction of sp³-hybridized carbons (Fsp3) is 0.379. The number of ether oxygens (including phenoxy) is 1. The second-order valence-electron chi connectivity index (χ2n) is 9.79. The second-order valence-corrected chi connectivity index (χ2v) is 10.6. The lowest BCUT2D eigenvalue weighted by atomic mass is 9.99. The number of methoxy groups -OCH3 is 1. The van der Waals surface area contributed by atoms with E-state index in [-0.39, 0.29) is 45.8 Å². The van der Waals surface area contributed by atoms with Gasteiger partial charge in [0.2, 0.25) is 5.91 Å². The maximum atomic E-state index is 14.6. The summed E-state index contributed by atoms with van der Waals surface area (Å²) < 4.78 is 20.4. The van der Waals surface area contributed by atoms with Gasteiger partial charge in [-0.25, -0.2) is 9.07 Å². The predicted molar refractivity (Wildman–Crippen MR) is 155 cm³/mol. The molecule has 1 aliphatic heterocycles. The Labute approximate surface area is 247 Å². The number of aromatic nitrogens is 2. The molecular formula is C29H32Cl2FN5O4. The number of hydrogen-bond donors (Lipinski definition) is 3. The molecule has 2 atom stereocenters. The summed E-state index contributed by atoms with van der Waals surface area (Å²) in [5.41, 5.74) is 1.69. The van der Waals surface area contributed by atoms with Crippen molar-refractivity contribution < 1.29 is 23.5 Å². The number of fused-ring (bicyclic) bond motifs is 2. The van der Waals surface area contributed by atoms with Crippen molar-refractivity contribution in [3.8, 4) is 5.69 Å². The highest BCUT2D eigenvalue weighted by Crippen LogP contribution is 2.28. The lowest BCUT2D eigenvalue weighted by molar-refractivity contribution is -0.140. The van der Waals surface area contributed by atoms with E-state index in [4.69, 9.17) is 27.9 Å². The molecule has 0 unspecified atom stereocenters. The molecule has 9 nitrogen and oxygen atoms in total. The molecule has 0 fully saturated rings. The summed E-state index contributed by atoms with van der Waals surface area (Å²) >= 11 is 12.4. The summed E-state index contributed by atoms with van der Waals surface area (Å²) in [5, 5.41) is 13.3. The van der Waals surface area contributed by atoms with Crippen molar-refractivity contribution >= 4 is 46.7 Å². The number of anilines is 1. The Kier molecular flexibility index (Phi) is 10.6. The predicted octanol–water partition coefficient (Wildman–Crippen LogP) is 5.60. The van der Waals surface area contributed by atoms with Crippen molar-refractivity contribution in [1.29, 1.82) is 0 Å². The van der Waals surface area contributed by atoms with Crippen LogP contribution in [0.15, 0.2) is 48.7 Å². The van der Waals surface area contributed by atoms with Crippen molar-refractivity contribution in [2.45, 2.75) is 57.0 Å². The third-order valence-corrected chi connectivity index (χ3v) is 7.59. The number of nitrogens with one attached hydrogen (secondary N) is 3. The number of carbonyl (C=O) groups excluding carboxylic acids is 3. The minimum absolute atomic E-state index is 0.0340. The van der Waals surface area contributed by atoms with E-state index in [9.17, 15) is 18.8 Å². The smallest absolute Gasteiger partial charge is 0.305 e. The number of nitrogens with zero attached hydrogens (tertiary/aromatic N) is 2. The molecule has 1 aromatic heterocycles. The maximum absolute atomic E-state index is 14.6. The summed E-state index contributed by atoms with van der Waals surface area (Å²) in [5.74, 6) is -1.60. The fourth-order valence-corrected chi connectivity index (χ4v) is 5.16. The Morgan fingerprint density at radius 3 is 2.78 bits per heavy atom. The van der Waals surface area contributed by atoms with Gasteiger partial charge < -0.3 is 20.7 Å². The lowest BCUT2D eigenvalue weighted by Crippen LogP contribution is -2.40. The van der Waals surface area contributed by atoms with Crippen LogP contribution in [0.4, 0.5) is 10.1 Å². The topological polar surface area (TPSA) is 114 Å². The number of esters is 1. The summed E-state index contributed by atoms with van der Waals surface area (Å²) in [6.45, 7) is 0.525. The second kappa shape index (κ2) is 14.3. The molecule has 41 heavy (non-hydrogen) atoms. The highest BCUT2D eigenvalue weighted by Gasteiger charge is 2.24. The number of halogens is 3. The zero-order valence-electron chi connectivity index (χ0n) is 22.6. The molecule has 0 saturated heterocycles. The van der Waals surface area contributed by atoms with Crippen LogP contribution in [0.2, 0.25) is 10.2 Å². The molecular weight excluding hydrogens is 572 g/mol. The number of carbonyl (C=O) groups is 3. The molecule has 3 N–H and O–H groups in total. The minimum Gasteiger partial charge on any atom is -0.469 e. The van der Waals surface area contributed by atoms with Crippen LogP contribution in [0.25, 0.3) is 5.69 Å². The Morgan fingerprint density at radius 2 is 1.98 bits per heavy atom. The minimum atomic E-state index is -0.692. The molecule has 12 heteroatoms. The summed E-state index contributed by atoms with van der Waals surface area (Å²) in [7, 11) is 1.34. The zero-order valence-corrected chi connectivity index (χ0v) is 24.1. The fourth-order valence-electron chi connectivity index (χ4n) is 4.72. The van der Waals surface area contributed by atoms with Gasteiger partial charge >= 0.3 is 5.97 Å². The molecule has 218 valence electrons. The van der Waals surface area contributed by atoms with E-state index in [0.717, 1.165) is 29.5 Å². The molecule has 0 spiro atoms. The van der Waals surface area contributed by atoms with Crippen LogP contribution >= 0.6 is 23.2 Å². The largest absolute Gasteiger partial charge is 0.469 e. The van der Waals surface area contributed by atoms with Crippen molar-refractivity contribution in [3.05, 3.63) is 75.8 Å². The van der Waals surface area contributed by atoms with Gasteiger partial charge in [-0.2, -0.15) is 5.10 Å². The van der Waals surface area contributed by atoms with Crippen LogP contribution in [0.3, 0.4) is 0 Å². The number of hydrogen-bond acceptors (Lipinski definition) is 6. The average molecular weight is 605 g/mol. The highest BCUT2D eigenvalue weighted by molar-refractivity contribution is 6.33. The van der Waals surface area contributed by atoms with E-state index < -0.39 is 17.8 Å². The van der Waals surface area contributed by atoms with E-state index >= 15 is 0 Å². The molecule has 2 aromatic carbocycles. The average Bonchev–Trinajstić information content (AvgIpc) is 3.35. The van der Waals surface area contributed by atoms with Gasteiger partial charge in [-0.3, -0.25) is 14.4 Å². The Bertz CT molecular complexity index is 1400. The van der Waals surface area contributed by atoms with Crippen molar-refractivity contribution in [2.75, 3.05) is 19.0 Å². The standard InChI is InChI=1S/C29H32Cl2FN5O4/c1-41-25(38)14-7-12-23-29(40)33-15-4-2-3-11-22(18-8-5-9-19(16-18)35-23)36-28(39)20-17-34-37(27(20)31)24-13-6-10-21(30)26(24)32/h5-6,8-10,13,16-17,22-23,35H,2-4,7,11-12,14-15H2,1H3,(H,33,40)(H,36,39)/t22-,23-/m0/s1. The number of rotatable bonds is 7. The van der Waals surface area contributed by atoms with E-state index in [1.54, 1.807) is 6.07 Å². The zero-order chi connectivity index (χ0) is 29.4. The molecule has 2 heterocycles. The summed E-state index contributed by atoms with van der Waals surface area (Å²) in [6.07, 6.45) is 5.54. The van der Waals surface area contributed by atoms with Gasteiger partial charge in [0.25, 0.3) is 5.91 Å². The normalized spacial score (nSPS) is 17.7.